The molecule has 1 unspecified atom stereocenters. The van der Waals surface area contributed by atoms with Crippen LogP contribution < -0.4 is 14.8 Å². The molecule has 8 heteroatoms. The van der Waals surface area contributed by atoms with Gasteiger partial charge < -0.3 is 14.8 Å². The molecule has 0 spiro atoms. The minimum absolute atomic E-state index is 0.112. The number of hydrogen-bond acceptors (Lipinski definition) is 5. The van der Waals surface area contributed by atoms with E-state index in [1.807, 2.05) is 31.2 Å². The molecule has 0 saturated carbocycles. The number of hydrogen-bond donors (Lipinski definition) is 1. The second-order valence-electron chi connectivity index (χ2n) is 7.36. The number of sulfonamides is 1. The number of fused-ring (bicyclic) bond motifs is 1. The van der Waals surface area contributed by atoms with E-state index in [4.69, 9.17) is 9.47 Å². The molecule has 2 aromatic carbocycles. The van der Waals surface area contributed by atoms with Crippen LogP contribution in [0.25, 0.3) is 11.1 Å². The molecule has 2 aliphatic heterocycles. The maximum atomic E-state index is 13.2. The quantitative estimate of drug-likeness (QED) is 0.828. The zero-order valence-corrected chi connectivity index (χ0v) is 17.3. The summed E-state index contributed by atoms with van der Waals surface area (Å²) in [6.45, 7) is 2.74. The van der Waals surface area contributed by atoms with E-state index in [-0.39, 0.29) is 30.1 Å². The van der Waals surface area contributed by atoms with E-state index in [0.29, 0.717) is 30.9 Å². The Morgan fingerprint density at radius 3 is 2.69 bits per heavy atom. The van der Waals surface area contributed by atoms with Crippen LogP contribution >= 0.6 is 0 Å². The van der Waals surface area contributed by atoms with E-state index < -0.39 is 10.0 Å². The van der Waals surface area contributed by atoms with Crippen LogP contribution in [-0.4, -0.2) is 45.6 Å². The maximum absolute atomic E-state index is 13.2. The van der Waals surface area contributed by atoms with Gasteiger partial charge in [-0.15, -0.1) is 0 Å². The van der Waals surface area contributed by atoms with Gasteiger partial charge in [0.15, 0.2) is 11.5 Å². The second-order valence-corrected chi connectivity index (χ2v) is 9.30. The predicted molar refractivity (Wildman–Crippen MR) is 108 cm³/mol. The smallest absolute Gasteiger partial charge is 0.243 e. The molecule has 4 rings (SSSR count). The molecule has 2 aromatic rings. The Bertz CT molecular complexity index is 1050. The van der Waals surface area contributed by atoms with E-state index >= 15 is 0 Å². The van der Waals surface area contributed by atoms with Crippen LogP contribution in [0.5, 0.6) is 11.5 Å². The zero-order chi connectivity index (χ0) is 20.6. The second kappa shape index (κ2) is 7.68. The average Bonchev–Trinajstić information content (AvgIpc) is 3.21. The summed E-state index contributed by atoms with van der Waals surface area (Å²) in [5.41, 5.74) is 2.72. The van der Waals surface area contributed by atoms with Gasteiger partial charge in [0.2, 0.25) is 22.7 Å². The number of nitrogens with one attached hydrogen (secondary N) is 1. The topological polar surface area (TPSA) is 84.9 Å². The Morgan fingerprint density at radius 1 is 1.14 bits per heavy atom. The highest BCUT2D eigenvalue weighted by Gasteiger charge is 2.33. The monoisotopic (exact) mass is 416 g/mol. The lowest BCUT2D eigenvalue weighted by Crippen LogP contribution is -2.44. The predicted octanol–water partition coefficient (Wildman–Crippen LogP) is 2.54. The Balaban J connectivity index is 1.61. The number of ether oxygens (including phenoxy) is 2. The number of piperidine rings is 1. The van der Waals surface area contributed by atoms with Crippen molar-refractivity contribution in [3.8, 4) is 22.6 Å². The molecule has 154 valence electrons. The van der Waals surface area contributed by atoms with E-state index in [9.17, 15) is 13.2 Å². The molecule has 1 saturated heterocycles. The third-order valence-corrected chi connectivity index (χ3v) is 7.38. The Morgan fingerprint density at radius 2 is 1.93 bits per heavy atom. The first-order valence-electron chi connectivity index (χ1n) is 9.62. The molecular weight excluding hydrogens is 392 g/mol. The number of nitrogens with zero attached hydrogens (tertiary/aromatic N) is 1. The fourth-order valence-corrected chi connectivity index (χ4v) is 5.52. The Labute approximate surface area is 170 Å². The van der Waals surface area contributed by atoms with Gasteiger partial charge in [-0.2, -0.15) is 4.31 Å². The summed E-state index contributed by atoms with van der Waals surface area (Å²) in [6, 6.07) is 10.8. The average molecular weight is 416 g/mol. The number of carbonyl (C=O) groups excluding carboxylic acids is 1. The summed E-state index contributed by atoms with van der Waals surface area (Å²) in [7, 11) is -2.08. The zero-order valence-electron chi connectivity index (χ0n) is 16.5. The van der Waals surface area contributed by atoms with Crippen molar-refractivity contribution in [1.82, 2.24) is 9.62 Å². The number of benzene rings is 2. The highest BCUT2D eigenvalue weighted by Crippen LogP contribution is 2.37. The van der Waals surface area contributed by atoms with Gasteiger partial charge in [-0.05, 0) is 60.7 Å². The van der Waals surface area contributed by atoms with Crippen molar-refractivity contribution in [3.05, 3.63) is 42.0 Å². The molecule has 0 radical (unpaired) electrons. The van der Waals surface area contributed by atoms with E-state index in [0.717, 1.165) is 16.7 Å². The van der Waals surface area contributed by atoms with Crippen LogP contribution in [0.15, 0.2) is 41.3 Å². The minimum Gasteiger partial charge on any atom is -0.454 e. The van der Waals surface area contributed by atoms with Crippen molar-refractivity contribution in [1.29, 1.82) is 0 Å². The van der Waals surface area contributed by atoms with Gasteiger partial charge in [0.05, 0.1) is 10.8 Å². The molecule has 0 aliphatic carbocycles. The Hall–Kier alpha value is -2.58. The van der Waals surface area contributed by atoms with Gasteiger partial charge >= 0.3 is 0 Å². The SMILES string of the molecule is CNC(=O)C1CCCN(S(=O)(=O)c2ccc(-c3ccc4c(c3)OCO4)c(C)c2)C1. The molecule has 1 N–H and O–H groups in total. The maximum Gasteiger partial charge on any atom is 0.243 e. The van der Waals surface area contributed by atoms with E-state index in [2.05, 4.69) is 5.32 Å². The molecule has 2 heterocycles. The first kappa shape index (κ1) is 19.7. The van der Waals surface area contributed by atoms with Crippen LogP contribution in [0.1, 0.15) is 18.4 Å². The van der Waals surface area contributed by atoms with Gasteiger partial charge in [-0.25, -0.2) is 8.42 Å². The standard InChI is InChI=1S/C21H24N2O5S/c1-14-10-17(29(25,26)23-9-3-4-16(12-23)21(24)22-2)6-7-18(14)15-5-8-19-20(11-15)28-13-27-19/h5-8,10-11,16H,3-4,9,12-13H2,1-2H3,(H,22,24). The van der Waals surface area contributed by atoms with Crippen molar-refractivity contribution in [2.24, 2.45) is 5.92 Å². The number of carbonyl (C=O) groups is 1. The van der Waals surface area contributed by atoms with Crippen molar-refractivity contribution in [3.63, 3.8) is 0 Å². The normalized spacial score (nSPS) is 19.2. The fraction of sp³-hybridized carbons (Fsp3) is 0.381. The molecule has 1 amide bonds. The largest absolute Gasteiger partial charge is 0.454 e. The summed E-state index contributed by atoms with van der Waals surface area (Å²) in [5.74, 6) is 0.977. The molecule has 0 aromatic heterocycles. The summed E-state index contributed by atoms with van der Waals surface area (Å²) in [6.07, 6.45) is 1.37. The summed E-state index contributed by atoms with van der Waals surface area (Å²) < 4.78 is 38.5. The van der Waals surface area contributed by atoms with Crippen LogP contribution in [0.3, 0.4) is 0 Å². The Kier molecular flexibility index (Phi) is 5.23. The van der Waals surface area contributed by atoms with E-state index in [1.54, 1.807) is 19.2 Å². The van der Waals surface area contributed by atoms with Crippen LogP contribution in [0.4, 0.5) is 0 Å². The number of rotatable bonds is 4. The van der Waals surface area contributed by atoms with Crippen molar-refractivity contribution >= 4 is 15.9 Å². The molecule has 0 bridgehead atoms. The lowest BCUT2D eigenvalue weighted by molar-refractivity contribution is -0.125. The summed E-state index contributed by atoms with van der Waals surface area (Å²) in [5, 5.41) is 2.62. The van der Waals surface area contributed by atoms with Crippen LogP contribution in [-0.2, 0) is 14.8 Å². The van der Waals surface area contributed by atoms with Gasteiger partial charge in [0.25, 0.3) is 0 Å². The van der Waals surface area contributed by atoms with Crippen LogP contribution in [0, 0.1) is 12.8 Å². The minimum atomic E-state index is -3.66. The fourth-order valence-electron chi connectivity index (χ4n) is 3.91. The first-order valence-corrected chi connectivity index (χ1v) is 11.1. The summed E-state index contributed by atoms with van der Waals surface area (Å²) in [4.78, 5) is 12.2. The van der Waals surface area contributed by atoms with E-state index in [1.165, 1.54) is 4.31 Å². The lowest BCUT2D eigenvalue weighted by Gasteiger charge is -2.31. The van der Waals surface area contributed by atoms with Gasteiger partial charge in [-0.3, -0.25) is 4.79 Å². The highest BCUT2D eigenvalue weighted by atomic mass is 32.2. The molecule has 1 fully saturated rings. The van der Waals surface area contributed by atoms with Crippen molar-refractivity contribution in [2.45, 2.75) is 24.7 Å². The number of aryl methyl sites for hydroxylation is 1. The molecule has 2 aliphatic rings. The molecule has 29 heavy (non-hydrogen) atoms. The lowest BCUT2D eigenvalue weighted by atomic mass is 9.99. The third-order valence-electron chi connectivity index (χ3n) is 5.52. The highest BCUT2D eigenvalue weighted by molar-refractivity contribution is 7.89. The van der Waals surface area contributed by atoms with Crippen molar-refractivity contribution < 1.29 is 22.7 Å². The summed E-state index contributed by atoms with van der Waals surface area (Å²) >= 11 is 0. The number of amides is 1. The van der Waals surface area contributed by atoms with Crippen molar-refractivity contribution in [2.75, 3.05) is 26.9 Å². The van der Waals surface area contributed by atoms with Crippen LogP contribution in [0.2, 0.25) is 0 Å². The van der Waals surface area contributed by atoms with Gasteiger partial charge in [-0.1, -0.05) is 12.1 Å². The van der Waals surface area contributed by atoms with Gasteiger partial charge in [0.1, 0.15) is 0 Å². The molecule has 1 atom stereocenters. The first-order chi connectivity index (χ1) is 13.9. The third kappa shape index (κ3) is 3.70. The molecule has 7 nitrogen and oxygen atoms in total. The molecular formula is C21H24N2O5S. The van der Waals surface area contributed by atoms with Gasteiger partial charge in [0, 0.05) is 20.1 Å².